The van der Waals surface area contributed by atoms with Crippen molar-refractivity contribution in [2.24, 2.45) is 5.92 Å². The Balaban J connectivity index is 2.18. The van der Waals surface area contributed by atoms with Gasteiger partial charge in [-0.15, -0.1) is 0 Å². The van der Waals surface area contributed by atoms with E-state index in [4.69, 9.17) is 5.11 Å². The van der Waals surface area contributed by atoms with E-state index in [2.05, 4.69) is 0 Å². The molecule has 0 aromatic heterocycles. The maximum absolute atomic E-state index is 12.3. The third kappa shape index (κ3) is 2.37. The summed E-state index contributed by atoms with van der Waals surface area (Å²) in [6.45, 7) is 2.46. The SMILES string of the molecule is C[C@@H]1[C@H](C(=O)O)CCCN1C(=O)c1ccccc1. The van der Waals surface area contributed by atoms with Gasteiger partial charge in [-0.1, -0.05) is 18.2 Å². The first-order valence-corrected chi connectivity index (χ1v) is 6.20. The molecule has 1 saturated heterocycles. The maximum atomic E-state index is 12.3. The highest BCUT2D eigenvalue weighted by atomic mass is 16.4. The smallest absolute Gasteiger partial charge is 0.308 e. The number of hydrogen-bond acceptors (Lipinski definition) is 2. The Morgan fingerprint density at radius 2 is 1.94 bits per heavy atom. The fourth-order valence-electron chi connectivity index (χ4n) is 2.51. The van der Waals surface area contributed by atoms with Crippen LogP contribution in [0.15, 0.2) is 30.3 Å². The lowest BCUT2D eigenvalue weighted by Gasteiger charge is -2.37. The molecule has 18 heavy (non-hydrogen) atoms. The van der Waals surface area contributed by atoms with Crippen molar-refractivity contribution in [3.8, 4) is 0 Å². The van der Waals surface area contributed by atoms with Crippen molar-refractivity contribution in [2.45, 2.75) is 25.8 Å². The molecule has 2 rings (SSSR count). The topological polar surface area (TPSA) is 57.6 Å². The average Bonchev–Trinajstić information content (AvgIpc) is 2.39. The van der Waals surface area contributed by atoms with Crippen molar-refractivity contribution >= 4 is 11.9 Å². The summed E-state index contributed by atoms with van der Waals surface area (Å²) < 4.78 is 0. The molecule has 1 amide bonds. The van der Waals surface area contributed by atoms with Gasteiger partial charge in [0.15, 0.2) is 0 Å². The number of carboxylic acids is 1. The van der Waals surface area contributed by atoms with E-state index in [1.165, 1.54) is 0 Å². The Morgan fingerprint density at radius 3 is 2.56 bits per heavy atom. The number of carbonyl (C=O) groups excluding carboxylic acids is 1. The molecule has 0 radical (unpaired) electrons. The van der Waals surface area contributed by atoms with E-state index in [9.17, 15) is 9.59 Å². The Morgan fingerprint density at radius 1 is 1.28 bits per heavy atom. The van der Waals surface area contributed by atoms with E-state index in [1.54, 1.807) is 17.0 Å². The second kappa shape index (κ2) is 5.21. The molecule has 0 bridgehead atoms. The van der Waals surface area contributed by atoms with Crippen molar-refractivity contribution in [2.75, 3.05) is 6.54 Å². The summed E-state index contributed by atoms with van der Waals surface area (Å²) in [5.74, 6) is -1.34. The van der Waals surface area contributed by atoms with Crippen LogP contribution in [0.25, 0.3) is 0 Å². The molecule has 1 aromatic rings. The van der Waals surface area contributed by atoms with Gasteiger partial charge in [0.25, 0.3) is 5.91 Å². The average molecular weight is 247 g/mol. The molecule has 0 unspecified atom stereocenters. The summed E-state index contributed by atoms with van der Waals surface area (Å²) in [5, 5.41) is 9.14. The molecule has 4 nitrogen and oxygen atoms in total. The zero-order valence-corrected chi connectivity index (χ0v) is 10.4. The molecule has 4 heteroatoms. The van der Waals surface area contributed by atoms with Crippen LogP contribution in [0.3, 0.4) is 0 Å². The second-order valence-corrected chi connectivity index (χ2v) is 4.69. The van der Waals surface area contributed by atoms with Gasteiger partial charge < -0.3 is 10.0 Å². The fraction of sp³-hybridized carbons (Fsp3) is 0.429. The summed E-state index contributed by atoms with van der Waals surface area (Å²) in [4.78, 5) is 25.1. The molecule has 1 aliphatic heterocycles. The molecule has 1 N–H and O–H groups in total. The third-order valence-corrected chi connectivity index (χ3v) is 3.59. The molecular formula is C14H17NO3. The lowest BCUT2D eigenvalue weighted by atomic mass is 9.90. The Kier molecular flexibility index (Phi) is 3.65. The van der Waals surface area contributed by atoms with E-state index in [1.807, 2.05) is 25.1 Å². The van der Waals surface area contributed by atoms with Gasteiger partial charge in [0.2, 0.25) is 0 Å². The molecule has 0 saturated carbocycles. The molecule has 96 valence electrons. The van der Waals surface area contributed by atoms with Gasteiger partial charge in [0.05, 0.1) is 5.92 Å². The van der Waals surface area contributed by atoms with E-state index in [0.717, 1.165) is 6.42 Å². The molecule has 1 fully saturated rings. The van der Waals surface area contributed by atoms with Gasteiger partial charge in [-0.25, -0.2) is 0 Å². The first kappa shape index (κ1) is 12.6. The fourth-order valence-corrected chi connectivity index (χ4v) is 2.51. The maximum Gasteiger partial charge on any atom is 0.308 e. The highest BCUT2D eigenvalue weighted by Gasteiger charge is 2.35. The summed E-state index contributed by atoms with van der Waals surface area (Å²) >= 11 is 0. The predicted molar refractivity (Wildman–Crippen MR) is 67.3 cm³/mol. The largest absolute Gasteiger partial charge is 0.481 e. The minimum atomic E-state index is -0.812. The highest BCUT2D eigenvalue weighted by Crippen LogP contribution is 2.25. The van der Waals surface area contributed by atoms with Crippen molar-refractivity contribution in [3.63, 3.8) is 0 Å². The number of carboxylic acid groups (broad SMARTS) is 1. The van der Waals surface area contributed by atoms with Gasteiger partial charge in [-0.3, -0.25) is 9.59 Å². The molecule has 1 aromatic carbocycles. The van der Waals surface area contributed by atoms with Crippen LogP contribution >= 0.6 is 0 Å². The number of aliphatic carboxylic acids is 1. The van der Waals surface area contributed by atoms with E-state index < -0.39 is 11.9 Å². The molecule has 1 aliphatic rings. The van der Waals surface area contributed by atoms with Gasteiger partial charge in [-0.2, -0.15) is 0 Å². The Labute approximate surface area is 106 Å². The van der Waals surface area contributed by atoms with Crippen LogP contribution < -0.4 is 0 Å². The third-order valence-electron chi connectivity index (χ3n) is 3.59. The lowest BCUT2D eigenvalue weighted by Crippen LogP contribution is -2.49. The monoisotopic (exact) mass is 247 g/mol. The zero-order chi connectivity index (χ0) is 13.1. The first-order valence-electron chi connectivity index (χ1n) is 6.20. The minimum absolute atomic E-state index is 0.0750. The number of carbonyl (C=O) groups is 2. The van der Waals surface area contributed by atoms with Crippen molar-refractivity contribution in [1.82, 2.24) is 4.90 Å². The number of likely N-dealkylation sites (tertiary alicyclic amines) is 1. The number of rotatable bonds is 2. The standard InChI is InChI=1S/C14H17NO3/c1-10-12(14(17)18)8-5-9-15(10)13(16)11-6-3-2-4-7-11/h2-4,6-7,10,12H,5,8-9H2,1H3,(H,17,18)/t10-,12-/m1/s1. The van der Waals surface area contributed by atoms with Gasteiger partial charge in [0, 0.05) is 18.2 Å². The Bertz CT molecular complexity index is 444. The quantitative estimate of drug-likeness (QED) is 0.869. The summed E-state index contributed by atoms with van der Waals surface area (Å²) in [6, 6.07) is 8.77. The number of amides is 1. The summed E-state index contributed by atoms with van der Waals surface area (Å²) in [5.41, 5.74) is 0.621. The molecule has 0 spiro atoms. The van der Waals surface area contributed by atoms with Crippen molar-refractivity contribution in [1.29, 1.82) is 0 Å². The summed E-state index contributed by atoms with van der Waals surface area (Å²) in [7, 11) is 0. The lowest BCUT2D eigenvalue weighted by molar-refractivity contribution is -0.144. The van der Waals surface area contributed by atoms with Crippen LogP contribution in [-0.2, 0) is 4.79 Å². The van der Waals surface area contributed by atoms with E-state index >= 15 is 0 Å². The van der Waals surface area contributed by atoms with E-state index in [0.29, 0.717) is 18.5 Å². The first-order chi connectivity index (χ1) is 8.61. The van der Waals surface area contributed by atoms with E-state index in [-0.39, 0.29) is 11.9 Å². The minimum Gasteiger partial charge on any atom is -0.481 e. The van der Waals surface area contributed by atoms with Crippen LogP contribution in [0.5, 0.6) is 0 Å². The Hall–Kier alpha value is -1.84. The van der Waals surface area contributed by atoms with Gasteiger partial charge >= 0.3 is 5.97 Å². The predicted octanol–water partition coefficient (Wildman–Crippen LogP) is 2.01. The molecule has 0 aliphatic carbocycles. The summed E-state index contributed by atoms with van der Waals surface area (Å²) in [6.07, 6.45) is 1.40. The highest BCUT2D eigenvalue weighted by molar-refractivity contribution is 5.94. The molecular weight excluding hydrogens is 230 g/mol. The normalized spacial score (nSPS) is 23.7. The number of nitrogens with zero attached hydrogens (tertiary/aromatic N) is 1. The number of hydrogen-bond donors (Lipinski definition) is 1. The van der Waals surface area contributed by atoms with Crippen LogP contribution in [-0.4, -0.2) is 34.5 Å². The number of benzene rings is 1. The number of piperidine rings is 1. The van der Waals surface area contributed by atoms with Crippen LogP contribution in [0.4, 0.5) is 0 Å². The second-order valence-electron chi connectivity index (χ2n) is 4.69. The van der Waals surface area contributed by atoms with Gasteiger partial charge in [-0.05, 0) is 31.9 Å². The van der Waals surface area contributed by atoms with Crippen LogP contribution in [0, 0.1) is 5.92 Å². The zero-order valence-electron chi connectivity index (χ0n) is 10.4. The van der Waals surface area contributed by atoms with Crippen molar-refractivity contribution < 1.29 is 14.7 Å². The molecule has 1 heterocycles. The van der Waals surface area contributed by atoms with Crippen LogP contribution in [0.2, 0.25) is 0 Å². The molecule has 2 atom stereocenters. The van der Waals surface area contributed by atoms with Gasteiger partial charge in [0.1, 0.15) is 0 Å². The van der Waals surface area contributed by atoms with Crippen LogP contribution in [0.1, 0.15) is 30.1 Å². The van der Waals surface area contributed by atoms with Crippen molar-refractivity contribution in [3.05, 3.63) is 35.9 Å².